The highest BCUT2D eigenvalue weighted by molar-refractivity contribution is 5.73. The number of rotatable bonds is 7. The first kappa shape index (κ1) is 17.7. The molecule has 3 N–H and O–H groups in total. The van der Waals surface area contributed by atoms with Gasteiger partial charge in [0.25, 0.3) is 0 Å². The first-order chi connectivity index (χ1) is 11.2. The summed E-state index contributed by atoms with van der Waals surface area (Å²) in [6.45, 7) is 9.63. The van der Waals surface area contributed by atoms with Crippen molar-refractivity contribution < 1.29 is 9.90 Å². The molecule has 2 rings (SSSR count). The second kappa shape index (κ2) is 9.50. The van der Waals surface area contributed by atoms with E-state index in [2.05, 4.69) is 51.6 Å². The van der Waals surface area contributed by atoms with Crippen LogP contribution < -0.4 is 10.6 Å². The molecule has 6 heteroatoms. The third-order valence-electron chi connectivity index (χ3n) is 4.19. The number of aliphatic hydroxyl groups excluding tert-OH is 1. The minimum absolute atomic E-state index is 0.0470. The van der Waals surface area contributed by atoms with Crippen LogP contribution in [0, 0.1) is 0 Å². The standard InChI is InChI=1S/C17H28N4O2/c1-2-20-8-10-21(11-9-20)14-16-5-3-15(4-6-16)13-19-17(23)18-7-12-22/h3-6,22H,2,7-14H2,1H3,(H2,18,19,23). The van der Waals surface area contributed by atoms with Crippen LogP contribution >= 0.6 is 0 Å². The Morgan fingerprint density at radius 3 is 2.26 bits per heavy atom. The van der Waals surface area contributed by atoms with E-state index < -0.39 is 0 Å². The first-order valence-corrected chi connectivity index (χ1v) is 8.36. The lowest BCUT2D eigenvalue weighted by Crippen LogP contribution is -2.45. The van der Waals surface area contributed by atoms with Crippen molar-refractivity contribution in [1.82, 2.24) is 20.4 Å². The predicted molar refractivity (Wildman–Crippen MR) is 91.2 cm³/mol. The fourth-order valence-electron chi connectivity index (χ4n) is 2.70. The number of amides is 2. The van der Waals surface area contributed by atoms with E-state index in [1.165, 1.54) is 5.56 Å². The van der Waals surface area contributed by atoms with E-state index in [4.69, 9.17) is 5.11 Å². The van der Waals surface area contributed by atoms with Gasteiger partial charge in [-0.3, -0.25) is 4.90 Å². The van der Waals surface area contributed by atoms with Gasteiger partial charge >= 0.3 is 6.03 Å². The van der Waals surface area contributed by atoms with E-state index in [0.717, 1.165) is 44.8 Å². The summed E-state index contributed by atoms with van der Waals surface area (Å²) in [5, 5.41) is 14.0. The summed E-state index contributed by atoms with van der Waals surface area (Å²) in [6, 6.07) is 8.13. The van der Waals surface area contributed by atoms with Gasteiger partial charge in [0.05, 0.1) is 6.61 Å². The van der Waals surface area contributed by atoms with Crippen molar-refractivity contribution in [3.8, 4) is 0 Å². The van der Waals surface area contributed by atoms with Gasteiger partial charge in [-0.05, 0) is 17.7 Å². The highest BCUT2D eigenvalue weighted by Crippen LogP contribution is 2.10. The van der Waals surface area contributed by atoms with Gasteiger partial charge in [-0.15, -0.1) is 0 Å². The summed E-state index contributed by atoms with van der Waals surface area (Å²) < 4.78 is 0. The van der Waals surface area contributed by atoms with E-state index in [9.17, 15) is 4.79 Å². The second-order valence-corrected chi connectivity index (χ2v) is 5.86. The monoisotopic (exact) mass is 320 g/mol. The molecular weight excluding hydrogens is 292 g/mol. The normalized spacial score (nSPS) is 16.3. The number of carbonyl (C=O) groups excluding carboxylic acids is 1. The zero-order valence-electron chi connectivity index (χ0n) is 13.9. The number of aliphatic hydroxyl groups is 1. The molecule has 0 aliphatic carbocycles. The first-order valence-electron chi connectivity index (χ1n) is 8.36. The van der Waals surface area contributed by atoms with Crippen molar-refractivity contribution in [2.24, 2.45) is 0 Å². The van der Waals surface area contributed by atoms with Gasteiger partial charge in [0, 0.05) is 45.8 Å². The summed E-state index contributed by atoms with van der Waals surface area (Å²) in [4.78, 5) is 16.4. The molecular formula is C17H28N4O2. The molecule has 1 heterocycles. The number of likely N-dealkylation sites (N-methyl/N-ethyl adjacent to an activating group) is 1. The van der Waals surface area contributed by atoms with Crippen LogP contribution in [0.25, 0.3) is 0 Å². The van der Waals surface area contributed by atoms with Crippen LogP contribution in [0.15, 0.2) is 24.3 Å². The molecule has 0 radical (unpaired) electrons. The molecule has 6 nitrogen and oxygen atoms in total. The lowest BCUT2D eigenvalue weighted by atomic mass is 10.1. The fourth-order valence-corrected chi connectivity index (χ4v) is 2.70. The molecule has 23 heavy (non-hydrogen) atoms. The molecule has 0 saturated carbocycles. The van der Waals surface area contributed by atoms with Crippen LogP contribution in [0.2, 0.25) is 0 Å². The van der Waals surface area contributed by atoms with Crippen LogP contribution in [0.1, 0.15) is 18.1 Å². The Balaban J connectivity index is 1.73. The average molecular weight is 320 g/mol. The Morgan fingerprint density at radius 2 is 1.65 bits per heavy atom. The Labute approximate surface area is 138 Å². The maximum Gasteiger partial charge on any atom is 0.315 e. The summed E-state index contributed by atoms with van der Waals surface area (Å²) in [5.41, 5.74) is 2.38. The van der Waals surface area contributed by atoms with E-state index in [1.54, 1.807) is 0 Å². The number of hydrogen-bond acceptors (Lipinski definition) is 4. The molecule has 1 aromatic carbocycles. The summed E-state index contributed by atoms with van der Waals surface area (Å²) >= 11 is 0. The number of benzene rings is 1. The van der Waals surface area contributed by atoms with Crippen LogP contribution in [0.4, 0.5) is 4.79 Å². The average Bonchev–Trinajstić information content (AvgIpc) is 2.60. The molecule has 1 aromatic rings. The third kappa shape index (κ3) is 6.17. The number of hydrogen-bond donors (Lipinski definition) is 3. The number of urea groups is 1. The van der Waals surface area contributed by atoms with Gasteiger partial charge in [-0.25, -0.2) is 4.79 Å². The molecule has 0 aromatic heterocycles. The summed E-state index contributed by atoms with van der Waals surface area (Å²) in [7, 11) is 0. The predicted octanol–water partition coefficient (Wildman–Crippen LogP) is 0.616. The molecule has 0 spiro atoms. The topological polar surface area (TPSA) is 67.8 Å². The van der Waals surface area contributed by atoms with E-state index in [0.29, 0.717) is 6.54 Å². The van der Waals surface area contributed by atoms with Crippen molar-refractivity contribution in [3.63, 3.8) is 0 Å². The smallest absolute Gasteiger partial charge is 0.315 e. The molecule has 1 aliphatic heterocycles. The van der Waals surface area contributed by atoms with Gasteiger partial charge in [-0.1, -0.05) is 31.2 Å². The fraction of sp³-hybridized carbons (Fsp3) is 0.588. The summed E-state index contributed by atoms with van der Waals surface area (Å²) in [6.07, 6.45) is 0. The van der Waals surface area contributed by atoms with Crippen molar-refractivity contribution in [1.29, 1.82) is 0 Å². The van der Waals surface area contributed by atoms with Crippen LogP contribution in [-0.2, 0) is 13.1 Å². The van der Waals surface area contributed by atoms with Crippen molar-refractivity contribution in [3.05, 3.63) is 35.4 Å². The lowest BCUT2D eigenvalue weighted by Gasteiger charge is -2.34. The largest absolute Gasteiger partial charge is 0.395 e. The molecule has 1 saturated heterocycles. The minimum atomic E-state index is -0.253. The quantitative estimate of drug-likeness (QED) is 0.689. The molecule has 0 bridgehead atoms. The van der Waals surface area contributed by atoms with Gasteiger partial charge in [0.15, 0.2) is 0 Å². The highest BCUT2D eigenvalue weighted by atomic mass is 16.3. The number of nitrogens with one attached hydrogen (secondary N) is 2. The highest BCUT2D eigenvalue weighted by Gasteiger charge is 2.15. The van der Waals surface area contributed by atoms with Crippen molar-refractivity contribution in [2.75, 3.05) is 45.9 Å². The maximum absolute atomic E-state index is 11.4. The third-order valence-corrected chi connectivity index (χ3v) is 4.19. The zero-order chi connectivity index (χ0) is 16.5. The van der Waals surface area contributed by atoms with Crippen LogP contribution in [0.5, 0.6) is 0 Å². The van der Waals surface area contributed by atoms with E-state index in [-0.39, 0.29) is 19.2 Å². The van der Waals surface area contributed by atoms with Gasteiger partial charge in [-0.2, -0.15) is 0 Å². The Bertz CT molecular complexity index is 470. The van der Waals surface area contributed by atoms with Crippen molar-refractivity contribution >= 4 is 6.03 Å². The number of carbonyl (C=O) groups is 1. The molecule has 0 atom stereocenters. The zero-order valence-corrected chi connectivity index (χ0v) is 13.9. The second-order valence-electron chi connectivity index (χ2n) is 5.86. The van der Waals surface area contributed by atoms with Gasteiger partial charge in [0.1, 0.15) is 0 Å². The Hall–Kier alpha value is -1.63. The molecule has 0 unspecified atom stereocenters. The minimum Gasteiger partial charge on any atom is -0.395 e. The van der Waals surface area contributed by atoms with Crippen LogP contribution in [-0.4, -0.2) is 66.8 Å². The van der Waals surface area contributed by atoms with E-state index in [1.807, 2.05) is 0 Å². The Kier molecular flexibility index (Phi) is 7.32. The van der Waals surface area contributed by atoms with Gasteiger partial charge < -0.3 is 20.6 Å². The van der Waals surface area contributed by atoms with Crippen molar-refractivity contribution in [2.45, 2.75) is 20.0 Å². The molecule has 128 valence electrons. The number of nitrogens with zero attached hydrogens (tertiary/aromatic N) is 2. The molecule has 2 amide bonds. The molecule has 1 aliphatic rings. The van der Waals surface area contributed by atoms with Crippen LogP contribution in [0.3, 0.4) is 0 Å². The summed E-state index contributed by atoms with van der Waals surface area (Å²) in [5.74, 6) is 0. The Morgan fingerprint density at radius 1 is 1.04 bits per heavy atom. The SMILES string of the molecule is CCN1CCN(Cc2ccc(CNC(=O)NCCO)cc2)CC1. The molecule has 1 fully saturated rings. The lowest BCUT2D eigenvalue weighted by molar-refractivity contribution is 0.132. The van der Waals surface area contributed by atoms with E-state index >= 15 is 0 Å². The maximum atomic E-state index is 11.4. The van der Waals surface area contributed by atoms with Gasteiger partial charge in [0.2, 0.25) is 0 Å². The number of piperazine rings is 1.